The maximum Gasteiger partial charge on any atom is 0.239 e. The Hall–Kier alpha value is -0.620. The largest absolute Gasteiger partial charge is 0.317 e. The van der Waals surface area contributed by atoms with Crippen LogP contribution in [-0.2, 0) is 14.8 Å². The van der Waals surface area contributed by atoms with Crippen LogP contribution in [0, 0.1) is 5.41 Å². The van der Waals surface area contributed by atoms with Gasteiger partial charge in [-0.2, -0.15) is 0 Å². The van der Waals surface area contributed by atoms with Crippen molar-refractivity contribution in [2.24, 2.45) is 5.41 Å². The zero-order valence-electron chi connectivity index (χ0n) is 10.7. The number of amides is 1. The van der Waals surface area contributed by atoms with Gasteiger partial charge in [0.25, 0.3) is 0 Å². The van der Waals surface area contributed by atoms with Crippen molar-refractivity contribution in [3.63, 3.8) is 0 Å². The summed E-state index contributed by atoms with van der Waals surface area (Å²) in [5.41, 5.74) is -0.521. The average Bonchev–Trinajstić information content (AvgIpc) is 2.29. The van der Waals surface area contributed by atoms with Gasteiger partial charge in [0.1, 0.15) is 0 Å². The number of nitrogens with one attached hydrogen (secondary N) is 2. The highest BCUT2D eigenvalue weighted by atomic mass is 32.2. The maximum atomic E-state index is 12.2. The van der Waals surface area contributed by atoms with Gasteiger partial charge in [0.2, 0.25) is 15.9 Å². The molecule has 1 aliphatic heterocycles. The third-order valence-electron chi connectivity index (χ3n) is 3.57. The van der Waals surface area contributed by atoms with E-state index < -0.39 is 20.7 Å². The molecule has 0 atom stereocenters. The molecule has 1 amide bonds. The summed E-state index contributed by atoms with van der Waals surface area (Å²) in [6, 6.07) is 0. The standard InChI is InChI=1S/C11H22N2O3S/c1-4-11(5-7-12-8-6-11)10(14)13-17(15,16)9(2)3/h9,12H,4-8H2,1-3H3,(H,13,14). The molecule has 6 heteroatoms. The summed E-state index contributed by atoms with van der Waals surface area (Å²) in [7, 11) is -3.51. The minimum Gasteiger partial charge on any atom is -0.317 e. The fourth-order valence-electron chi connectivity index (χ4n) is 2.00. The van der Waals surface area contributed by atoms with Crippen molar-refractivity contribution in [3.05, 3.63) is 0 Å². The lowest BCUT2D eigenvalue weighted by atomic mass is 9.76. The Morgan fingerprint density at radius 2 is 1.88 bits per heavy atom. The molecule has 0 radical (unpaired) electrons. The second-order valence-electron chi connectivity index (χ2n) is 4.91. The van der Waals surface area contributed by atoms with Crippen LogP contribution in [0.4, 0.5) is 0 Å². The number of hydrogen-bond donors (Lipinski definition) is 2. The van der Waals surface area contributed by atoms with Gasteiger partial charge in [-0.15, -0.1) is 0 Å². The van der Waals surface area contributed by atoms with E-state index in [2.05, 4.69) is 10.0 Å². The Morgan fingerprint density at radius 1 is 1.35 bits per heavy atom. The van der Waals surface area contributed by atoms with Crippen LogP contribution in [0.25, 0.3) is 0 Å². The molecule has 17 heavy (non-hydrogen) atoms. The van der Waals surface area contributed by atoms with E-state index in [9.17, 15) is 13.2 Å². The van der Waals surface area contributed by atoms with E-state index in [0.717, 1.165) is 13.1 Å². The third-order valence-corrected chi connectivity index (χ3v) is 5.29. The van der Waals surface area contributed by atoms with Crippen LogP contribution >= 0.6 is 0 Å². The molecule has 0 saturated carbocycles. The molecule has 0 unspecified atom stereocenters. The number of rotatable bonds is 4. The van der Waals surface area contributed by atoms with Crippen LogP contribution in [0.15, 0.2) is 0 Å². The number of sulfonamides is 1. The quantitative estimate of drug-likeness (QED) is 0.779. The van der Waals surface area contributed by atoms with Gasteiger partial charge < -0.3 is 5.32 Å². The number of carbonyl (C=O) groups excluding carboxylic acids is 1. The first-order valence-electron chi connectivity index (χ1n) is 6.11. The first-order valence-corrected chi connectivity index (χ1v) is 7.65. The van der Waals surface area contributed by atoms with E-state index in [-0.39, 0.29) is 5.91 Å². The topological polar surface area (TPSA) is 75.3 Å². The fourth-order valence-corrected chi connectivity index (χ4v) is 2.71. The molecule has 1 heterocycles. The highest BCUT2D eigenvalue weighted by Gasteiger charge is 2.39. The fraction of sp³-hybridized carbons (Fsp3) is 0.909. The van der Waals surface area contributed by atoms with E-state index in [1.165, 1.54) is 0 Å². The molecule has 0 bridgehead atoms. The van der Waals surface area contributed by atoms with E-state index in [1.807, 2.05) is 6.92 Å². The molecular formula is C11H22N2O3S. The van der Waals surface area contributed by atoms with Crippen molar-refractivity contribution >= 4 is 15.9 Å². The van der Waals surface area contributed by atoms with Gasteiger partial charge in [-0.25, -0.2) is 8.42 Å². The van der Waals surface area contributed by atoms with Crippen molar-refractivity contribution in [2.45, 2.75) is 45.3 Å². The Balaban J connectivity index is 2.81. The lowest BCUT2D eigenvalue weighted by molar-refractivity contribution is -0.130. The van der Waals surface area contributed by atoms with Crippen LogP contribution in [0.2, 0.25) is 0 Å². The summed E-state index contributed by atoms with van der Waals surface area (Å²) in [5.74, 6) is -0.338. The SMILES string of the molecule is CCC1(C(=O)NS(=O)(=O)C(C)C)CCNCC1. The lowest BCUT2D eigenvalue weighted by Gasteiger charge is -2.35. The number of hydrogen-bond acceptors (Lipinski definition) is 4. The molecule has 0 aromatic rings. The van der Waals surface area contributed by atoms with Gasteiger partial charge >= 0.3 is 0 Å². The molecule has 1 fully saturated rings. The van der Waals surface area contributed by atoms with Crippen molar-refractivity contribution in [1.82, 2.24) is 10.0 Å². The van der Waals surface area contributed by atoms with Crippen LogP contribution in [0.1, 0.15) is 40.0 Å². The second-order valence-corrected chi connectivity index (χ2v) is 7.15. The van der Waals surface area contributed by atoms with Crippen molar-refractivity contribution < 1.29 is 13.2 Å². The van der Waals surface area contributed by atoms with Gasteiger partial charge in [-0.05, 0) is 46.2 Å². The first kappa shape index (κ1) is 14.4. The zero-order chi connectivity index (χ0) is 13.1. The molecular weight excluding hydrogens is 240 g/mol. The Labute approximate surface area is 103 Å². The predicted molar refractivity (Wildman–Crippen MR) is 67.0 cm³/mol. The van der Waals surface area contributed by atoms with Crippen LogP contribution in [-0.4, -0.2) is 32.7 Å². The smallest absolute Gasteiger partial charge is 0.239 e. The number of piperidine rings is 1. The van der Waals surface area contributed by atoms with Crippen molar-refractivity contribution in [1.29, 1.82) is 0 Å². The molecule has 2 N–H and O–H groups in total. The highest BCUT2D eigenvalue weighted by Crippen LogP contribution is 2.32. The van der Waals surface area contributed by atoms with E-state index in [1.54, 1.807) is 13.8 Å². The van der Waals surface area contributed by atoms with Gasteiger partial charge in [-0.3, -0.25) is 9.52 Å². The summed E-state index contributed by atoms with van der Waals surface area (Å²) in [6.45, 7) is 6.60. The predicted octanol–water partition coefficient (Wildman–Crippen LogP) is 0.621. The van der Waals surface area contributed by atoms with Gasteiger partial charge in [0.15, 0.2) is 0 Å². The highest BCUT2D eigenvalue weighted by molar-refractivity contribution is 7.90. The number of carbonyl (C=O) groups is 1. The van der Waals surface area contributed by atoms with Gasteiger partial charge in [0, 0.05) is 0 Å². The molecule has 0 aliphatic carbocycles. The summed E-state index contributed by atoms with van der Waals surface area (Å²) in [4.78, 5) is 12.2. The first-order chi connectivity index (χ1) is 7.84. The van der Waals surface area contributed by atoms with Crippen LogP contribution < -0.4 is 10.0 Å². The summed E-state index contributed by atoms with van der Waals surface area (Å²) < 4.78 is 25.6. The van der Waals surface area contributed by atoms with Crippen molar-refractivity contribution in [2.75, 3.05) is 13.1 Å². The Bertz CT molecular complexity index is 370. The summed E-state index contributed by atoms with van der Waals surface area (Å²) in [5, 5.41) is 2.60. The average molecular weight is 262 g/mol. The molecule has 0 aromatic heterocycles. The Morgan fingerprint density at radius 3 is 2.29 bits per heavy atom. The molecule has 5 nitrogen and oxygen atoms in total. The van der Waals surface area contributed by atoms with Crippen LogP contribution in [0.5, 0.6) is 0 Å². The molecule has 1 saturated heterocycles. The van der Waals surface area contributed by atoms with Gasteiger partial charge in [-0.1, -0.05) is 6.92 Å². The maximum absolute atomic E-state index is 12.2. The zero-order valence-corrected chi connectivity index (χ0v) is 11.6. The monoisotopic (exact) mass is 262 g/mol. The lowest BCUT2D eigenvalue weighted by Crippen LogP contribution is -2.50. The summed E-state index contributed by atoms with van der Waals surface area (Å²) in [6.07, 6.45) is 2.07. The molecule has 1 rings (SSSR count). The van der Waals surface area contributed by atoms with E-state index in [0.29, 0.717) is 19.3 Å². The Kier molecular flexibility index (Phi) is 4.55. The summed E-state index contributed by atoms with van der Waals surface area (Å²) >= 11 is 0. The van der Waals surface area contributed by atoms with E-state index in [4.69, 9.17) is 0 Å². The third kappa shape index (κ3) is 3.19. The second kappa shape index (κ2) is 5.35. The normalized spacial score (nSPS) is 20.2. The van der Waals surface area contributed by atoms with E-state index >= 15 is 0 Å². The minimum atomic E-state index is -3.51. The van der Waals surface area contributed by atoms with Gasteiger partial charge in [0.05, 0.1) is 10.7 Å². The minimum absolute atomic E-state index is 0.338. The molecule has 0 spiro atoms. The molecule has 0 aromatic carbocycles. The van der Waals surface area contributed by atoms with Crippen molar-refractivity contribution in [3.8, 4) is 0 Å². The van der Waals surface area contributed by atoms with Crippen LogP contribution in [0.3, 0.4) is 0 Å². The molecule has 100 valence electrons. The molecule has 1 aliphatic rings.